The van der Waals surface area contributed by atoms with Gasteiger partial charge in [0.1, 0.15) is 0 Å². The number of fused-ring (bicyclic) bond motifs is 1. The zero-order valence-electron chi connectivity index (χ0n) is 8.44. The molecule has 4 heteroatoms. The molecular weight excluding hydrogens is 210 g/mol. The van der Waals surface area contributed by atoms with E-state index < -0.39 is 0 Å². The second-order valence-electron chi connectivity index (χ2n) is 3.60. The Balaban J connectivity index is 2.39. The van der Waals surface area contributed by atoms with Gasteiger partial charge in [-0.1, -0.05) is 11.6 Å². The molecule has 0 saturated carbocycles. The predicted octanol–water partition coefficient (Wildman–Crippen LogP) is 2.76. The standard InChI is InChI=1S/C11H12ClN3/c1-8(5-12)6-15-7-9-2-3-10(13)4-11(9)14-15/h2-5,7H,6,13H2,1H3/b8-5+. The van der Waals surface area contributed by atoms with Crippen molar-refractivity contribution in [3.8, 4) is 0 Å². The lowest BCUT2D eigenvalue weighted by Crippen LogP contribution is -1.98. The van der Waals surface area contributed by atoms with Crippen molar-refractivity contribution in [3.05, 3.63) is 35.5 Å². The number of aromatic nitrogens is 2. The first-order valence-corrected chi connectivity index (χ1v) is 5.11. The van der Waals surface area contributed by atoms with Gasteiger partial charge in [-0.3, -0.25) is 4.68 Å². The summed E-state index contributed by atoms with van der Waals surface area (Å²) in [5.74, 6) is 0. The van der Waals surface area contributed by atoms with Gasteiger partial charge in [-0.15, -0.1) is 0 Å². The third-order valence-electron chi connectivity index (χ3n) is 2.18. The molecule has 0 aliphatic carbocycles. The highest BCUT2D eigenvalue weighted by molar-refractivity contribution is 6.25. The summed E-state index contributed by atoms with van der Waals surface area (Å²) >= 11 is 5.60. The smallest absolute Gasteiger partial charge is 0.0943 e. The third-order valence-corrected chi connectivity index (χ3v) is 2.55. The summed E-state index contributed by atoms with van der Waals surface area (Å²) < 4.78 is 1.86. The SMILES string of the molecule is C/C(=C\Cl)Cn1cc2ccc(N)cc2n1. The molecule has 2 N–H and O–H groups in total. The molecule has 0 radical (unpaired) electrons. The number of nitrogens with two attached hydrogens (primary N) is 1. The van der Waals surface area contributed by atoms with Crippen LogP contribution in [0.3, 0.4) is 0 Å². The fourth-order valence-corrected chi connectivity index (χ4v) is 1.52. The molecule has 0 atom stereocenters. The van der Waals surface area contributed by atoms with E-state index in [0.717, 1.165) is 22.2 Å². The first-order chi connectivity index (χ1) is 7.19. The van der Waals surface area contributed by atoms with Gasteiger partial charge in [-0.2, -0.15) is 5.10 Å². The van der Waals surface area contributed by atoms with Crippen LogP contribution in [0.2, 0.25) is 0 Å². The normalized spacial score (nSPS) is 12.3. The molecule has 2 aromatic rings. The van der Waals surface area contributed by atoms with Gasteiger partial charge >= 0.3 is 0 Å². The van der Waals surface area contributed by atoms with Crippen molar-refractivity contribution >= 4 is 28.2 Å². The van der Waals surface area contributed by atoms with Gasteiger partial charge < -0.3 is 5.73 Å². The zero-order chi connectivity index (χ0) is 10.8. The van der Waals surface area contributed by atoms with E-state index in [0.29, 0.717) is 6.54 Å². The van der Waals surface area contributed by atoms with Gasteiger partial charge in [0.15, 0.2) is 0 Å². The van der Waals surface area contributed by atoms with Gasteiger partial charge in [0.05, 0.1) is 12.1 Å². The average Bonchev–Trinajstić information content (AvgIpc) is 2.59. The minimum absolute atomic E-state index is 0.706. The molecule has 2 rings (SSSR count). The average molecular weight is 222 g/mol. The highest BCUT2D eigenvalue weighted by atomic mass is 35.5. The number of hydrogen-bond acceptors (Lipinski definition) is 2. The first-order valence-electron chi connectivity index (χ1n) is 4.67. The van der Waals surface area contributed by atoms with E-state index >= 15 is 0 Å². The van der Waals surface area contributed by atoms with Crippen LogP contribution in [0.15, 0.2) is 35.5 Å². The van der Waals surface area contributed by atoms with E-state index in [-0.39, 0.29) is 0 Å². The lowest BCUT2D eigenvalue weighted by molar-refractivity contribution is 0.686. The molecule has 0 fully saturated rings. The summed E-state index contributed by atoms with van der Waals surface area (Å²) in [6.07, 6.45) is 1.98. The molecule has 0 amide bonds. The Bertz CT molecular complexity index is 514. The van der Waals surface area contributed by atoms with Crippen molar-refractivity contribution in [1.82, 2.24) is 9.78 Å². The molecular formula is C11H12ClN3. The van der Waals surface area contributed by atoms with Crippen LogP contribution in [0.1, 0.15) is 6.92 Å². The van der Waals surface area contributed by atoms with Crippen LogP contribution in [0.5, 0.6) is 0 Å². The second-order valence-corrected chi connectivity index (χ2v) is 3.82. The Hall–Kier alpha value is -1.48. The van der Waals surface area contributed by atoms with Crippen LogP contribution in [-0.2, 0) is 6.54 Å². The summed E-state index contributed by atoms with van der Waals surface area (Å²) in [5.41, 5.74) is 9.96. The summed E-state index contributed by atoms with van der Waals surface area (Å²) in [6, 6.07) is 5.71. The van der Waals surface area contributed by atoms with Crippen molar-refractivity contribution in [2.45, 2.75) is 13.5 Å². The van der Waals surface area contributed by atoms with Crippen LogP contribution in [0.25, 0.3) is 10.9 Å². The molecule has 15 heavy (non-hydrogen) atoms. The van der Waals surface area contributed by atoms with Crippen molar-refractivity contribution in [3.63, 3.8) is 0 Å². The number of rotatable bonds is 2. The van der Waals surface area contributed by atoms with Gasteiger partial charge in [-0.25, -0.2) is 0 Å². The number of benzene rings is 1. The molecule has 3 nitrogen and oxygen atoms in total. The second kappa shape index (κ2) is 3.95. The Morgan fingerprint density at radius 2 is 2.40 bits per heavy atom. The highest BCUT2D eigenvalue weighted by Crippen LogP contribution is 2.16. The van der Waals surface area contributed by atoms with E-state index in [1.54, 1.807) is 5.54 Å². The maximum Gasteiger partial charge on any atom is 0.0943 e. The van der Waals surface area contributed by atoms with Crippen molar-refractivity contribution in [2.75, 3.05) is 5.73 Å². The number of allylic oxidation sites excluding steroid dienone is 1. The molecule has 0 spiro atoms. The highest BCUT2D eigenvalue weighted by Gasteiger charge is 2.01. The van der Waals surface area contributed by atoms with E-state index in [4.69, 9.17) is 17.3 Å². The molecule has 78 valence electrons. The van der Waals surface area contributed by atoms with E-state index in [2.05, 4.69) is 5.10 Å². The summed E-state index contributed by atoms with van der Waals surface area (Å²) in [5, 5.41) is 5.49. The largest absolute Gasteiger partial charge is 0.399 e. The summed E-state index contributed by atoms with van der Waals surface area (Å²) in [6.45, 7) is 2.67. The molecule has 0 bridgehead atoms. The molecule has 0 aliphatic heterocycles. The third kappa shape index (κ3) is 2.13. The summed E-state index contributed by atoms with van der Waals surface area (Å²) in [7, 11) is 0. The van der Waals surface area contributed by atoms with Crippen molar-refractivity contribution < 1.29 is 0 Å². The quantitative estimate of drug-likeness (QED) is 0.793. The van der Waals surface area contributed by atoms with Gasteiger partial charge in [0.25, 0.3) is 0 Å². The Morgan fingerprint density at radius 1 is 1.60 bits per heavy atom. The molecule has 0 saturated heterocycles. The van der Waals surface area contributed by atoms with Gasteiger partial charge in [0, 0.05) is 22.8 Å². The van der Waals surface area contributed by atoms with Crippen LogP contribution in [0, 0.1) is 0 Å². The number of hydrogen-bond donors (Lipinski definition) is 1. The first kappa shape index (κ1) is 10.1. The summed E-state index contributed by atoms with van der Waals surface area (Å²) in [4.78, 5) is 0. The number of nitrogens with zero attached hydrogens (tertiary/aromatic N) is 2. The monoisotopic (exact) mass is 221 g/mol. The Labute approximate surface area is 93.1 Å². The maximum atomic E-state index is 5.68. The predicted molar refractivity (Wildman–Crippen MR) is 63.8 cm³/mol. The van der Waals surface area contributed by atoms with E-state index in [9.17, 15) is 0 Å². The zero-order valence-corrected chi connectivity index (χ0v) is 9.20. The topological polar surface area (TPSA) is 43.8 Å². The van der Waals surface area contributed by atoms with Gasteiger partial charge in [-0.05, 0) is 30.7 Å². The Kier molecular flexibility index (Phi) is 2.64. The van der Waals surface area contributed by atoms with Crippen LogP contribution < -0.4 is 5.73 Å². The lowest BCUT2D eigenvalue weighted by atomic mass is 10.2. The van der Waals surface area contributed by atoms with Crippen molar-refractivity contribution in [2.24, 2.45) is 0 Å². The lowest BCUT2D eigenvalue weighted by Gasteiger charge is -1.98. The molecule has 1 heterocycles. The number of nitrogen functional groups attached to an aromatic ring is 1. The molecule has 0 aliphatic rings. The van der Waals surface area contributed by atoms with Crippen LogP contribution >= 0.6 is 11.6 Å². The van der Waals surface area contributed by atoms with E-state index in [1.165, 1.54) is 0 Å². The maximum absolute atomic E-state index is 5.68. The van der Waals surface area contributed by atoms with E-state index in [1.807, 2.05) is 36.0 Å². The van der Waals surface area contributed by atoms with Crippen LogP contribution in [-0.4, -0.2) is 9.78 Å². The molecule has 1 aromatic carbocycles. The van der Waals surface area contributed by atoms with Crippen molar-refractivity contribution in [1.29, 1.82) is 0 Å². The number of halogens is 1. The molecule has 0 unspecified atom stereocenters. The fraction of sp³-hybridized carbons (Fsp3) is 0.182. The minimum atomic E-state index is 0.706. The Morgan fingerprint density at radius 3 is 3.13 bits per heavy atom. The van der Waals surface area contributed by atoms with Crippen LogP contribution in [0.4, 0.5) is 5.69 Å². The van der Waals surface area contributed by atoms with Gasteiger partial charge in [0.2, 0.25) is 0 Å². The minimum Gasteiger partial charge on any atom is -0.399 e. The molecule has 1 aromatic heterocycles. The number of anilines is 1. The fourth-order valence-electron chi connectivity index (χ4n) is 1.46.